The highest BCUT2D eigenvalue weighted by Gasteiger charge is 2.18. The van der Waals surface area contributed by atoms with Crippen molar-refractivity contribution in [3.05, 3.63) is 50.2 Å². The van der Waals surface area contributed by atoms with Gasteiger partial charge in [0.15, 0.2) is 0 Å². The molecule has 1 atom stereocenters. The molecule has 108 valence electrons. The lowest BCUT2D eigenvalue weighted by molar-refractivity contribution is 0.550. The van der Waals surface area contributed by atoms with Crippen molar-refractivity contribution in [3.8, 4) is 0 Å². The third-order valence-electron chi connectivity index (χ3n) is 3.46. The zero-order valence-electron chi connectivity index (χ0n) is 11.7. The van der Waals surface area contributed by atoms with Crippen LogP contribution >= 0.6 is 27.5 Å². The normalized spacial score (nSPS) is 12.7. The van der Waals surface area contributed by atoms with Crippen molar-refractivity contribution in [3.63, 3.8) is 0 Å². The minimum absolute atomic E-state index is 0.00204. The molecule has 4 nitrogen and oxygen atoms in total. The van der Waals surface area contributed by atoms with Gasteiger partial charge in [0.25, 0.3) is 0 Å². The maximum atomic E-state index is 6.28. The van der Waals surface area contributed by atoms with Crippen molar-refractivity contribution in [1.82, 2.24) is 15.2 Å². The molecule has 0 saturated carbocycles. The van der Waals surface area contributed by atoms with Crippen LogP contribution in [0, 0.1) is 13.8 Å². The fourth-order valence-corrected chi connectivity index (χ4v) is 2.77. The highest BCUT2D eigenvalue weighted by Crippen LogP contribution is 2.27. The predicted molar refractivity (Wildman–Crippen MR) is 85.6 cm³/mol. The molecule has 1 heterocycles. The third kappa shape index (κ3) is 3.06. The Hall–Kier alpha value is -0.880. The van der Waals surface area contributed by atoms with Crippen LogP contribution in [0.5, 0.6) is 0 Å². The van der Waals surface area contributed by atoms with Gasteiger partial charge < -0.3 is 0 Å². The van der Waals surface area contributed by atoms with Crippen LogP contribution in [0.15, 0.2) is 22.7 Å². The van der Waals surface area contributed by atoms with Gasteiger partial charge in [-0.15, -0.1) is 0 Å². The van der Waals surface area contributed by atoms with E-state index in [2.05, 4.69) is 45.5 Å². The molecule has 0 amide bonds. The van der Waals surface area contributed by atoms with E-state index in [4.69, 9.17) is 17.4 Å². The van der Waals surface area contributed by atoms with Crippen LogP contribution in [0.25, 0.3) is 0 Å². The van der Waals surface area contributed by atoms with Gasteiger partial charge in [-0.25, -0.2) is 0 Å². The van der Waals surface area contributed by atoms with Gasteiger partial charge in [-0.05, 0) is 37.5 Å². The van der Waals surface area contributed by atoms with Crippen LogP contribution in [0.2, 0.25) is 5.15 Å². The SMILES string of the molecule is Cc1cc(C(Cc2c(C)nn(C)c2Cl)NN)ccc1Br. The second kappa shape index (κ2) is 6.26. The maximum absolute atomic E-state index is 6.28. The molecule has 0 radical (unpaired) electrons. The molecular weight excluding hydrogens is 340 g/mol. The lowest BCUT2D eigenvalue weighted by Gasteiger charge is -2.17. The van der Waals surface area contributed by atoms with Gasteiger partial charge in [0.05, 0.1) is 11.7 Å². The van der Waals surface area contributed by atoms with E-state index in [1.165, 1.54) is 5.56 Å². The molecule has 6 heteroatoms. The van der Waals surface area contributed by atoms with Gasteiger partial charge >= 0.3 is 0 Å². The molecule has 0 aliphatic rings. The van der Waals surface area contributed by atoms with E-state index in [0.717, 1.165) is 21.3 Å². The molecule has 1 aromatic heterocycles. The Morgan fingerprint density at radius 1 is 1.45 bits per heavy atom. The van der Waals surface area contributed by atoms with Crippen LogP contribution in [0.4, 0.5) is 0 Å². The van der Waals surface area contributed by atoms with Crippen LogP contribution < -0.4 is 11.3 Å². The van der Waals surface area contributed by atoms with Crippen LogP contribution in [-0.4, -0.2) is 9.78 Å². The molecule has 2 rings (SSSR count). The first-order valence-corrected chi connectivity index (χ1v) is 7.51. The lowest BCUT2D eigenvalue weighted by Crippen LogP contribution is -2.29. The van der Waals surface area contributed by atoms with Crippen molar-refractivity contribution >= 4 is 27.5 Å². The van der Waals surface area contributed by atoms with Crippen LogP contribution in [0.1, 0.15) is 28.4 Å². The summed E-state index contributed by atoms with van der Waals surface area (Å²) >= 11 is 9.79. The fourth-order valence-electron chi connectivity index (χ4n) is 2.27. The number of rotatable bonds is 4. The zero-order valence-corrected chi connectivity index (χ0v) is 14.1. The van der Waals surface area contributed by atoms with Crippen LogP contribution in [-0.2, 0) is 13.5 Å². The summed E-state index contributed by atoms with van der Waals surface area (Å²) in [6.45, 7) is 4.02. The summed E-state index contributed by atoms with van der Waals surface area (Å²) in [6, 6.07) is 6.21. The average Bonchev–Trinajstić information content (AvgIpc) is 2.65. The number of aromatic nitrogens is 2. The number of nitrogens with zero attached hydrogens (tertiary/aromatic N) is 2. The summed E-state index contributed by atoms with van der Waals surface area (Å²) < 4.78 is 2.78. The molecule has 20 heavy (non-hydrogen) atoms. The Bertz CT molecular complexity index is 624. The third-order valence-corrected chi connectivity index (χ3v) is 4.83. The quantitative estimate of drug-likeness (QED) is 0.652. The van der Waals surface area contributed by atoms with Crippen LogP contribution in [0.3, 0.4) is 0 Å². The second-order valence-corrected chi connectivity index (χ2v) is 6.12. The number of hydrazine groups is 1. The lowest BCUT2D eigenvalue weighted by atomic mass is 9.98. The van der Waals surface area contributed by atoms with E-state index in [1.54, 1.807) is 4.68 Å². The van der Waals surface area contributed by atoms with Crippen molar-refractivity contribution in [2.75, 3.05) is 0 Å². The highest BCUT2D eigenvalue weighted by molar-refractivity contribution is 9.10. The van der Waals surface area contributed by atoms with Crippen molar-refractivity contribution in [1.29, 1.82) is 0 Å². The number of aryl methyl sites for hydroxylation is 3. The summed E-state index contributed by atoms with van der Waals surface area (Å²) in [6.07, 6.45) is 0.704. The Kier molecular flexibility index (Phi) is 4.86. The second-order valence-electron chi connectivity index (χ2n) is 4.91. The van der Waals surface area contributed by atoms with E-state index in [1.807, 2.05) is 20.0 Å². The Labute approximate surface area is 132 Å². The number of nitrogens with two attached hydrogens (primary N) is 1. The average molecular weight is 358 g/mol. The molecule has 1 unspecified atom stereocenters. The molecule has 0 saturated heterocycles. The van der Waals surface area contributed by atoms with E-state index >= 15 is 0 Å². The Morgan fingerprint density at radius 3 is 2.65 bits per heavy atom. The smallest absolute Gasteiger partial charge is 0.130 e. The monoisotopic (exact) mass is 356 g/mol. The number of benzene rings is 1. The first-order chi connectivity index (χ1) is 9.43. The summed E-state index contributed by atoms with van der Waals surface area (Å²) in [4.78, 5) is 0. The van der Waals surface area contributed by atoms with Crippen molar-refractivity contribution in [2.24, 2.45) is 12.9 Å². The minimum atomic E-state index is 0.00204. The Morgan fingerprint density at radius 2 is 2.15 bits per heavy atom. The number of hydrogen-bond donors (Lipinski definition) is 2. The summed E-state index contributed by atoms with van der Waals surface area (Å²) in [7, 11) is 1.84. The van der Waals surface area contributed by atoms with Gasteiger partial charge in [-0.3, -0.25) is 16.0 Å². The molecule has 1 aromatic carbocycles. The standard InChI is InChI=1S/C14H18BrClN4/c1-8-6-10(4-5-12(8)15)13(18-17)7-11-9(2)19-20(3)14(11)16/h4-6,13,18H,7,17H2,1-3H3. The largest absolute Gasteiger partial charge is 0.271 e. The number of hydrogen-bond acceptors (Lipinski definition) is 3. The van der Waals surface area contributed by atoms with E-state index in [0.29, 0.717) is 11.6 Å². The maximum Gasteiger partial charge on any atom is 0.130 e. The molecule has 0 aliphatic heterocycles. The van der Waals surface area contributed by atoms with Gasteiger partial charge in [-0.1, -0.05) is 39.7 Å². The van der Waals surface area contributed by atoms with E-state index in [-0.39, 0.29) is 6.04 Å². The van der Waals surface area contributed by atoms with Crippen molar-refractivity contribution < 1.29 is 0 Å². The molecule has 0 bridgehead atoms. The number of nitrogens with one attached hydrogen (secondary N) is 1. The molecular formula is C14H18BrClN4. The highest BCUT2D eigenvalue weighted by atomic mass is 79.9. The summed E-state index contributed by atoms with van der Waals surface area (Å²) in [5, 5.41) is 5.00. The van der Waals surface area contributed by atoms with E-state index < -0.39 is 0 Å². The zero-order chi connectivity index (χ0) is 14.9. The molecule has 0 spiro atoms. The topological polar surface area (TPSA) is 55.9 Å². The first kappa shape index (κ1) is 15.5. The Balaban J connectivity index is 2.31. The van der Waals surface area contributed by atoms with Crippen molar-refractivity contribution in [2.45, 2.75) is 26.3 Å². The van der Waals surface area contributed by atoms with E-state index in [9.17, 15) is 0 Å². The molecule has 0 fully saturated rings. The summed E-state index contributed by atoms with van der Waals surface area (Å²) in [5.41, 5.74) is 7.14. The molecule has 2 aromatic rings. The minimum Gasteiger partial charge on any atom is -0.271 e. The first-order valence-electron chi connectivity index (χ1n) is 6.34. The van der Waals surface area contributed by atoms with Gasteiger partial charge in [0.1, 0.15) is 5.15 Å². The van der Waals surface area contributed by atoms with Gasteiger partial charge in [0.2, 0.25) is 0 Å². The summed E-state index contributed by atoms with van der Waals surface area (Å²) in [5.74, 6) is 5.72. The fraction of sp³-hybridized carbons (Fsp3) is 0.357. The predicted octanol–water partition coefficient (Wildman–Crippen LogP) is 3.20. The molecule has 0 aliphatic carbocycles. The molecule has 3 N–H and O–H groups in total. The van der Waals surface area contributed by atoms with Gasteiger partial charge in [0, 0.05) is 17.1 Å². The van der Waals surface area contributed by atoms with Gasteiger partial charge in [-0.2, -0.15) is 5.10 Å². The number of halogens is 2.